The van der Waals surface area contributed by atoms with E-state index >= 15 is 0 Å². The molecular formula is C7H16O. The van der Waals surface area contributed by atoms with Gasteiger partial charge < -0.3 is 4.74 Å². The van der Waals surface area contributed by atoms with Crippen molar-refractivity contribution in [3.05, 3.63) is 0 Å². The van der Waals surface area contributed by atoms with Crippen LogP contribution in [-0.2, 0) is 4.74 Å². The van der Waals surface area contributed by atoms with Crippen LogP contribution in [0.4, 0.5) is 0 Å². The molecule has 1 atom stereocenters. The molecule has 0 aromatic rings. The van der Waals surface area contributed by atoms with Gasteiger partial charge in [-0.05, 0) is 27.2 Å². The summed E-state index contributed by atoms with van der Waals surface area (Å²) in [6.45, 7) is 8.35. The number of rotatable bonds is 3. The number of ether oxygens (including phenoxy) is 1. The lowest BCUT2D eigenvalue weighted by Crippen LogP contribution is -2.12. The first-order chi connectivity index (χ1) is 3.66. The number of hydrogen-bond donors (Lipinski definition) is 0. The molecule has 0 fully saturated rings. The summed E-state index contributed by atoms with van der Waals surface area (Å²) in [6, 6.07) is 0. The lowest BCUT2D eigenvalue weighted by Gasteiger charge is -2.12. The molecular weight excluding hydrogens is 100 g/mol. The Labute approximate surface area is 52.0 Å². The molecule has 0 aliphatic carbocycles. The maximum Gasteiger partial charge on any atom is 0.0547 e. The van der Waals surface area contributed by atoms with Gasteiger partial charge in [0.2, 0.25) is 0 Å². The lowest BCUT2D eigenvalue weighted by molar-refractivity contribution is 0.0172. The monoisotopic (exact) mass is 116 g/mol. The summed E-state index contributed by atoms with van der Waals surface area (Å²) in [4.78, 5) is 0. The summed E-state index contributed by atoms with van der Waals surface area (Å²) in [5.74, 6) is 0. The quantitative estimate of drug-likeness (QED) is 0.549. The second-order valence-corrected chi connectivity index (χ2v) is 2.40. The first-order valence-electron chi connectivity index (χ1n) is 3.32. The summed E-state index contributed by atoms with van der Waals surface area (Å²) >= 11 is 0. The van der Waals surface area contributed by atoms with E-state index in [1.165, 1.54) is 0 Å². The van der Waals surface area contributed by atoms with Crippen molar-refractivity contribution >= 4 is 0 Å². The van der Waals surface area contributed by atoms with E-state index in [4.69, 9.17) is 4.74 Å². The van der Waals surface area contributed by atoms with E-state index in [-0.39, 0.29) is 0 Å². The van der Waals surface area contributed by atoms with Gasteiger partial charge in [-0.2, -0.15) is 0 Å². The van der Waals surface area contributed by atoms with Crippen LogP contribution >= 0.6 is 0 Å². The summed E-state index contributed by atoms with van der Waals surface area (Å²) in [5.41, 5.74) is 0. The fourth-order valence-corrected chi connectivity index (χ4v) is 0.561. The van der Waals surface area contributed by atoms with Crippen molar-refractivity contribution in [1.82, 2.24) is 0 Å². The highest BCUT2D eigenvalue weighted by atomic mass is 16.5. The van der Waals surface area contributed by atoms with Crippen molar-refractivity contribution in [2.24, 2.45) is 0 Å². The molecule has 0 aromatic heterocycles. The molecule has 0 aromatic carbocycles. The molecule has 0 amide bonds. The van der Waals surface area contributed by atoms with E-state index in [9.17, 15) is 0 Å². The van der Waals surface area contributed by atoms with Crippen LogP contribution in [0.15, 0.2) is 0 Å². The minimum absolute atomic E-state index is 0.380. The molecule has 0 aliphatic heterocycles. The summed E-state index contributed by atoms with van der Waals surface area (Å²) < 4.78 is 5.40. The third kappa shape index (κ3) is 4.13. The van der Waals surface area contributed by atoms with Crippen molar-refractivity contribution in [2.45, 2.75) is 46.3 Å². The van der Waals surface area contributed by atoms with Crippen LogP contribution in [0, 0.1) is 0 Å². The second kappa shape index (κ2) is 3.90. The van der Waals surface area contributed by atoms with Gasteiger partial charge in [0.25, 0.3) is 0 Å². The second-order valence-electron chi connectivity index (χ2n) is 2.40. The third-order valence-electron chi connectivity index (χ3n) is 1.08. The summed E-state index contributed by atoms with van der Waals surface area (Å²) in [5, 5.41) is 0. The minimum atomic E-state index is 0.380. The summed E-state index contributed by atoms with van der Waals surface area (Å²) in [6.07, 6.45) is 1.91. The molecule has 0 rings (SSSR count). The summed E-state index contributed by atoms with van der Waals surface area (Å²) in [7, 11) is 0. The first-order valence-corrected chi connectivity index (χ1v) is 3.32. The Hall–Kier alpha value is -0.0400. The first kappa shape index (κ1) is 7.96. The highest BCUT2D eigenvalue weighted by Gasteiger charge is 1.99. The Morgan fingerprint density at radius 1 is 1.25 bits per heavy atom. The van der Waals surface area contributed by atoms with Gasteiger partial charge in [-0.15, -0.1) is 0 Å². The van der Waals surface area contributed by atoms with Gasteiger partial charge in [0.1, 0.15) is 0 Å². The van der Waals surface area contributed by atoms with Gasteiger partial charge in [0, 0.05) is 0 Å². The van der Waals surface area contributed by atoms with Gasteiger partial charge in [-0.3, -0.25) is 0 Å². The zero-order valence-electron chi connectivity index (χ0n) is 6.27. The standard InChI is InChI=1S/C7H16O/c1-5-7(4)8-6(2)3/h6-7H,5H2,1-4H3/t7-/m1/s1. The predicted molar refractivity (Wildman–Crippen MR) is 36.0 cm³/mol. The average molecular weight is 116 g/mol. The van der Waals surface area contributed by atoms with Crippen LogP contribution in [0.3, 0.4) is 0 Å². The van der Waals surface area contributed by atoms with Gasteiger partial charge in [-0.25, -0.2) is 0 Å². The van der Waals surface area contributed by atoms with Crippen LogP contribution in [0.2, 0.25) is 0 Å². The lowest BCUT2D eigenvalue weighted by atomic mass is 10.3. The van der Waals surface area contributed by atoms with Crippen LogP contribution in [0.25, 0.3) is 0 Å². The van der Waals surface area contributed by atoms with Gasteiger partial charge in [0.05, 0.1) is 12.2 Å². The van der Waals surface area contributed by atoms with Gasteiger partial charge >= 0.3 is 0 Å². The minimum Gasteiger partial charge on any atom is -0.376 e. The molecule has 1 heteroatoms. The van der Waals surface area contributed by atoms with Crippen molar-refractivity contribution in [1.29, 1.82) is 0 Å². The predicted octanol–water partition coefficient (Wildman–Crippen LogP) is 2.21. The van der Waals surface area contributed by atoms with E-state index in [0.717, 1.165) is 6.42 Å². The fourth-order valence-electron chi connectivity index (χ4n) is 0.561. The molecule has 50 valence electrons. The zero-order chi connectivity index (χ0) is 6.57. The third-order valence-corrected chi connectivity index (χ3v) is 1.08. The van der Waals surface area contributed by atoms with Crippen molar-refractivity contribution in [3.63, 3.8) is 0 Å². The molecule has 0 N–H and O–H groups in total. The van der Waals surface area contributed by atoms with Crippen LogP contribution in [0.5, 0.6) is 0 Å². The van der Waals surface area contributed by atoms with Gasteiger partial charge in [0.15, 0.2) is 0 Å². The highest BCUT2D eigenvalue weighted by molar-refractivity contribution is 4.46. The Bertz CT molecular complexity index is 50.3. The Kier molecular flexibility index (Phi) is 3.88. The van der Waals surface area contributed by atoms with E-state index in [0.29, 0.717) is 12.2 Å². The molecule has 0 bridgehead atoms. The van der Waals surface area contributed by atoms with Crippen LogP contribution in [0.1, 0.15) is 34.1 Å². The molecule has 0 aliphatic rings. The smallest absolute Gasteiger partial charge is 0.0547 e. The maximum atomic E-state index is 5.40. The van der Waals surface area contributed by atoms with Crippen LogP contribution < -0.4 is 0 Å². The van der Waals surface area contributed by atoms with Crippen molar-refractivity contribution in [3.8, 4) is 0 Å². The molecule has 8 heavy (non-hydrogen) atoms. The fraction of sp³-hybridized carbons (Fsp3) is 1.00. The number of hydrogen-bond acceptors (Lipinski definition) is 1. The van der Waals surface area contributed by atoms with Crippen molar-refractivity contribution < 1.29 is 4.74 Å². The maximum absolute atomic E-state index is 5.40. The van der Waals surface area contributed by atoms with Crippen LogP contribution in [-0.4, -0.2) is 12.2 Å². The van der Waals surface area contributed by atoms with E-state index < -0.39 is 0 Å². The SMILES string of the molecule is CC[C@@H](C)OC(C)C. The zero-order valence-corrected chi connectivity index (χ0v) is 6.27. The molecule has 0 radical (unpaired) electrons. The van der Waals surface area contributed by atoms with E-state index in [1.807, 2.05) is 0 Å². The van der Waals surface area contributed by atoms with Gasteiger partial charge in [-0.1, -0.05) is 6.92 Å². The Morgan fingerprint density at radius 2 is 1.75 bits per heavy atom. The molecule has 0 spiro atoms. The largest absolute Gasteiger partial charge is 0.376 e. The average Bonchev–Trinajstić information content (AvgIpc) is 1.65. The molecule has 0 saturated heterocycles. The highest BCUT2D eigenvalue weighted by Crippen LogP contribution is 1.99. The molecule has 0 heterocycles. The Balaban J connectivity index is 3.10. The Morgan fingerprint density at radius 3 is 1.88 bits per heavy atom. The van der Waals surface area contributed by atoms with Crippen molar-refractivity contribution in [2.75, 3.05) is 0 Å². The molecule has 1 nitrogen and oxygen atoms in total. The topological polar surface area (TPSA) is 9.23 Å². The molecule has 0 saturated carbocycles. The normalized spacial score (nSPS) is 14.6. The van der Waals surface area contributed by atoms with E-state index in [2.05, 4.69) is 27.7 Å². The molecule has 0 unspecified atom stereocenters. The van der Waals surface area contributed by atoms with E-state index in [1.54, 1.807) is 0 Å².